The molecule has 0 spiro atoms. The van der Waals surface area contributed by atoms with Gasteiger partial charge in [0, 0.05) is 6.07 Å². The summed E-state index contributed by atoms with van der Waals surface area (Å²) >= 11 is 0. The van der Waals surface area contributed by atoms with Crippen LogP contribution >= 0.6 is 0 Å². The van der Waals surface area contributed by atoms with Crippen molar-refractivity contribution in [3.05, 3.63) is 42.3 Å². The molecule has 1 aromatic heterocycles. The van der Waals surface area contributed by atoms with Crippen molar-refractivity contribution < 1.29 is 14.1 Å². The van der Waals surface area contributed by atoms with Crippen LogP contribution in [0.1, 0.15) is 10.5 Å². The predicted octanol–water partition coefficient (Wildman–Crippen LogP) is 1.71. The van der Waals surface area contributed by atoms with Crippen molar-refractivity contribution in [2.45, 2.75) is 0 Å². The summed E-state index contributed by atoms with van der Waals surface area (Å²) in [5, 5.41) is 3.66. The second-order valence-corrected chi connectivity index (χ2v) is 3.66. The lowest BCUT2D eigenvalue weighted by Crippen LogP contribution is -2.38. The minimum atomic E-state index is -0.172. The summed E-state index contributed by atoms with van der Waals surface area (Å²) in [6.07, 6.45) is 1.39. The maximum absolute atomic E-state index is 12.2. The van der Waals surface area contributed by atoms with E-state index in [4.69, 9.17) is 4.74 Å². The van der Waals surface area contributed by atoms with Crippen LogP contribution in [-0.4, -0.2) is 24.2 Å². The van der Waals surface area contributed by atoms with Crippen LogP contribution in [0.2, 0.25) is 0 Å². The van der Waals surface area contributed by atoms with Crippen LogP contribution in [-0.2, 0) is 0 Å². The lowest BCUT2D eigenvalue weighted by molar-refractivity contribution is 0.0968. The first-order valence-corrected chi connectivity index (χ1v) is 5.30. The SMILES string of the molecule is O=C(c1ccon1)N1CCOc2ccccc21. The van der Waals surface area contributed by atoms with E-state index in [-0.39, 0.29) is 5.91 Å². The molecule has 1 aliphatic rings. The van der Waals surface area contributed by atoms with Gasteiger partial charge in [-0.25, -0.2) is 0 Å². The van der Waals surface area contributed by atoms with Crippen LogP contribution in [0.25, 0.3) is 0 Å². The van der Waals surface area contributed by atoms with Crippen LogP contribution in [0.5, 0.6) is 5.75 Å². The van der Waals surface area contributed by atoms with Crippen LogP contribution in [0, 0.1) is 0 Å². The molecule has 0 bridgehead atoms. The van der Waals surface area contributed by atoms with Crippen LogP contribution in [0.3, 0.4) is 0 Å². The molecule has 5 nitrogen and oxygen atoms in total. The average Bonchev–Trinajstić information content (AvgIpc) is 2.91. The third-order valence-corrected chi connectivity index (χ3v) is 2.63. The number of amides is 1. The van der Waals surface area contributed by atoms with Crippen molar-refractivity contribution in [3.8, 4) is 5.75 Å². The molecule has 0 saturated carbocycles. The monoisotopic (exact) mass is 230 g/mol. The van der Waals surface area contributed by atoms with E-state index in [9.17, 15) is 4.79 Å². The number of hydrogen-bond donors (Lipinski definition) is 0. The first-order chi connectivity index (χ1) is 8.36. The summed E-state index contributed by atoms with van der Waals surface area (Å²) in [6.45, 7) is 1.00. The van der Waals surface area contributed by atoms with E-state index in [1.165, 1.54) is 6.26 Å². The van der Waals surface area contributed by atoms with Gasteiger partial charge in [-0.3, -0.25) is 9.69 Å². The van der Waals surface area contributed by atoms with E-state index in [2.05, 4.69) is 9.68 Å². The quantitative estimate of drug-likeness (QED) is 0.748. The number of carbonyl (C=O) groups excluding carboxylic acids is 1. The van der Waals surface area contributed by atoms with Gasteiger partial charge in [0.05, 0.1) is 12.2 Å². The molecule has 1 amide bonds. The topological polar surface area (TPSA) is 55.6 Å². The van der Waals surface area contributed by atoms with Gasteiger partial charge in [-0.05, 0) is 12.1 Å². The smallest absolute Gasteiger partial charge is 0.280 e. The minimum absolute atomic E-state index is 0.172. The van der Waals surface area contributed by atoms with Gasteiger partial charge in [0.1, 0.15) is 18.6 Å². The highest BCUT2D eigenvalue weighted by molar-refractivity contribution is 6.05. The number of ether oxygens (including phenoxy) is 1. The zero-order valence-electron chi connectivity index (χ0n) is 9.00. The molecule has 2 aromatic rings. The maximum atomic E-state index is 12.2. The molecule has 0 radical (unpaired) electrons. The van der Waals surface area contributed by atoms with Crippen LogP contribution in [0.15, 0.2) is 41.1 Å². The largest absolute Gasteiger partial charge is 0.490 e. The summed E-state index contributed by atoms with van der Waals surface area (Å²) in [4.78, 5) is 13.8. The standard InChI is InChI=1S/C12H10N2O3/c15-12(9-5-7-17-13-9)14-6-8-16-11-4-2-1-3-10(11)14/h1-5,7H,6,8H2. The number of anilines is 1. The van der Waals surface area contributed by atoms with Crippen molar-refractivity contribution >= 4 is 11.6 Å². The number of aromatic nitrogens is 1. The molecule has 0 N–H and O–H groups in total. The Labute approximate surface area is 97.6 Å². The van der Waals surface area contributed by atoms with E-state index in [0.29, 0.717) is 18.8 Å². The molecule has 2 heterocycles. The Morgan fingerprint density at radius 3 is 3.00 bits per heavy atom. The van der Waals surface area contributed by atoms with Crippen LogP contribution in [0.4, 0.5) is 5.69 Å². The number of hydrogen-bond acceptors (Lipinski definition) is 4. The van der Waals surface area contributed by atoms with E-state index in [1.807, 2.05) is 24.3 Å². The Bertz CT molecular complexity index is 536. The molecule has 0 atom stereocenters. The Kier molecular flexibility index (Phi) is 2.29. The Balaban J connectivity index is 1.98. The van der Waals surface area contributed by atoms with Crippen molar-refractivity contribution in [3.63, 3.8) is 0 Å². The molecule has 1 aromatic carbocycles. The summed E-state index contributed by atoms with van der Waals surface area (Å²) < 4.78 is 10.2. The van der Waals surface area contributed by atoms with E-state index in [0.717, 1.165) is 11.4 Å². The Hall–Kier alpha value is -2.30. The normalized spacial score (nSPS) is 14.0. The van der Waals surface area contributed by atoms with Crippen molar-refractivity contribution in [2.75, 3.05) is 18.1 Å². The predicted molar refractivity (Wildman–Crippen MR) is 60.1 cm³/mol. The third-order valence-electron chi connectivity index (χ3n) is 2.63. The molecular weight excluding hydrogens is 220 g/mol. The lowest BCUT2D eigenvalue weighted by atomic mass is 10.2. The summed E-state index contributed by atoms with van der Waals surface area (Å²) in [5.74, 6) is 0.546. The molecular formula is C12H10N2O3. The summed E-state index contributed by atoms with van der Waals surface area (Å²) in [5.41, 5.74) is 1.08. The zero-order chi connectivity index (χ0) is 11.7. The molecule has 0 saturated heterocycles. The Morgan fingerprint density at radius 2 is 2.18 bits per heavy atom. The summed E-state index contributed by atoms with van der Waals surface area (Å²) in [7, 11) is 0. The van der Waals surface area contributed by atoms with Crippen molar-refractivity contribution in [1.29, 1.82) is 0 Å². The number of rotatable bonds is 1. The van der Waals surface area contributed by atoms with Gasteiger partial charge in [0.25, 0.3) is 5.91 Å². The first kappa shape index (κ1) is 9.89. The molecule has 5 heteroatoms. The highest BCUT2D eigenvalue weighted by Gasteiger charge is 2.25. The minimum Gasteiger partial charge on any atom is -0.490 e. The molecule has 1 aliphatic heterocycles. The fourth-order valence-electron chi connectivity index (χ4n) is 1.84. The maximum Gasteiger partial charge on any atom is 0.280 e. The second kappa shape index (κ2) is 3.93. The molecule has 0 fully saturated rings. The zero-order valence-corrected chi connectivity index (χ0v) is 9.00. The van der Waals surface area contributed by atoms with Gasteiger partial charge in [-0.2, -0.15) is 0 Å². The lowest BCUT2D eigenvalue weighted by Gasteiger charge is -2.28. The number of nitrogens with zero attached hydrogens (tertiary/aromatic N) is 2. The van der Waals surface area contributed by atoms with Crippen molar-refractivity contribution in [2.24, 2.45) is 0 Å². The van der Waals surface area contributed by atoms with E-state index < -0.39 is 0 Å². The number of fused-ring (bicyclic) bond motifs is 1. The number of benzene rings is 1. The van der Waals surface area contributed by atoms with Gasteiger partial charge in [-0.15, -0.1) is 0 Å². The van der Waals surface area contributed by atoms with Crippen LogP contribution < -0.4 is 9.64 Å². The van der Waals surface area contributed by atoms with Gasteiger partial charge in [0.15, 0.2) is 5.69 Å². The molecule has 0 aliphatic carbocycles. The fraction of sp³-hybridized carbons (Fsp3) is 0.167. The molecule has 17 heavy (non-hydrogen) atoms. The fourth-order valence-corrected chi connectivity index (χ4v) is 1.84. The van der Waals surface area contributed by atoms with E-state index >= 15 is 0 Å². The molecule has 0 unspecified atom stereocenters. The number of para-hydroxylation sites is 2. The van der Waals surface area contributed by atoms with Gasteiger partial charge in [-0.1, -0.05) is 17.3 Å². The van der Waals surface area contributed by atoms with Crippen molar-refractivity contribution in [1.82, 2.24) is 5.16 Å². The second-order valence-electron chi connectivity index (χ2n) is 3.66. The molecule has 3 rings (SSSR count). The molecule has 86 valence electrons. The van der Waals surface area contributed by atoms with Gasteiger partial charge in [0.2, 0.25) is 0 Å². The highest BCUT2D eigenvalue weighted by Crippen LogP contribution is 2.31. The summed E-state index contributed by atoms with van der Waals surface area (Å²) in [6, 6.07) is 9.00. The first-order valence-electron chi connectivity index (χ1n) is 5.30. The third kappa shape index (κ3) is 1.65. The van der Waals surface area contributed by atoms with Gasteiger partial charge >= 0.3 is 0 Å². The van der Waals surface area contributed by atoms with E-state index in [1.54, 1.807) is 11.0 Å². The average molecular weight is 230 g/mol. The Morgan fingerprint density at radius 1 is 1.29 bits per heavy atom. The highest BCUT2D eigenvalue weighted by atomic mass is 16.5. The van der Waals surface area contributed by atoms with Gasteiger partial charge < -0.3 is 9.26 Å². The number of carbonyl (C=O) groups is 1.